The lowest BCUT2D eigenvalue weighted by atomic mass is 10.1. The Morgan fingerprint density at radius 1 is 1.26 bits per heavy atom. The number of aryl methyl sites for hydroxylation is 3. The fourth-order valence-corrected chi connectivity index (χ4v) is 2.75. The second-order valence-electron chi connectivity index (χ2n) is 6.25. The number of hydrogen-bond donors (Lipinski definition) is 1. The number of methoxy groups -OCH3 is 1. The van der Waals surface area contributed by atoms with E-state index in [1.54, 1.807) is 11.8 Å². The molecule has 3 aromatic rings. The summed E-state index contributed by atoms with van der Waals surface area (Å²) in [5.74, 6) is 1.61. The van der Waals surface area contributed by atoms with Crippen molar-refractivity contribution < 1.29 is 13.9 Å². The molecular weight excluding hydrogens is 346 g/mol. The largest absolute Gasteiger partial charge is 0.497 e. The van der Waals surface area contributed by atoms with Gasteiger partial charge in [-0.1, -0.05) is 12.1 Å². The molecule has 1 aromatic carbocycles. The van der Waals surface area contributed by atoms with E-state index < -0.39 is 0 Å². The molecule has 1 N–H and O–H groups in total. The number of benzene rings is 1. The number of nitrogens with one attached hydrogen (secondary N) is 1. The molecule has 2 heterocycles. The maximum absolute atomic E-state index is 12.0. The first-order valence-electron chi connectivity index (χ1n) is 8.78. The highest BCUT2D eigenvalue weighted by molar-refractivity contribution is 5.76. The zero-order valence-electron chi connectivity index (χ0n) is 15.7. The first-order chi connectivity index (χ1) is 13.0. The first kappa shape index (κ1) is 18.6. The van der Waals surface area contributed by atoms with Crippen molar-refractivity contribution in [1.82, 2.24) is 25.3 Å². The summed E-state index contributed by atoms with van der Waals surface area (Å²) < 4.78 is 12.5. The Bertz CT molecular complexity index is 916. The highest BCUT2D eigenvalue weighted by atomic mass is 16.5. The van der Waals surface area contributed by atoms with Gasteiger partial charge in [-0.2, -0.15) is 5.10 Å². The average molecular weight is 369 g/mol. The lowest BCUT2D eigenvalue weighted by Crippen LogP contribution is -2.25. The topological polar surface area (TPSA) is 95.1 Å². The van der Waals surface area contributed by atoms with Gasteiger partial charge in [-0.05, 0) is 37.1 Å². The van der Waals surface area contributed by atoms with Gasteiger partial charge in [0.15, 0.2) is 0 Å². The minimum atomic E-state index is -0.0472. The minimum absolute atomic E-state index is 0.0472. The third-order valence-electron chi connectivity index (χ3n) is 4.12. The third kappa shape index (κ3) is 4.93. The molecule has 0 aliphatic carbocycles. The summed E-state index contributed by atoms with van der Waals surface area (Å²) in [6.45, 7) is 2.46. The van der Waals surface area contributed by atoms with E-state index >= 15 is 0 Å². The normalized spacial score (nSPS) is 10.8. The van der Waals surface area contributed by atoms with Crippen LogP contribution in [0.2, 0.25) is 0 Å². The second-order valence-corrected chi connectivity index (χ2v) is 6.25. The van der Waals surface area contributed by atoms with Crippen LogP contribution in [0.4, 0.5) is 0 Å². The van der Waals surface area contributed by atoms with E-state index in [2.05, 4.69) is 20.6 Å². The molecule has 27 heavy (non-hydrogen) atoms. The fraction of sp³-hybridized carbons (Fsp3) is 0.368. The van der Waals surface area contributed by atoms with Crippen molar-refractivity contribution in [3.63, 3.8) is 0 Å². The fourth-order valence-electron chi connectivity index (χ4n) is 2.75. The summed E-state index contributed by atoms with van der Waals surface area (Å²) >= 11 is 0. The number of hydrogen-bond acceptors (Lipinski definition) is 6. The number of carbonyl (C=O) groups is 1. The van der Waals surface area contributed by atoms with Crippen molar-refractivity contribution in [2.45, 2.75) is 26.2 Å². The van der Waals surface area contributed by atoms with E-state index in [0.29, 0.717) is 31.2 Å². The van der Waals surface area contributed by atoms with Gasteiger partial charge in [0.2, 0.25) is 11.8 Å². The summed E-state index contributed by atoms with van der Waals surface area (Å²) in [5, 5.41) is 15.2. The zero-order valence-corrected chi connectivity index (χ0v) is 15.7. The molecule has 0 bridgehead atoms. The average Bonchev–Trinajstić information content (AvgIpc) is 3.26. The van der Waals surface area contributed by atoms with Crippen LogP contribution in [0, 0.1) is 6.92 Å². The Hall–Kier alpha value is -3.16. The predicted octanol–water partition coefficient (Wildman–Crippen LogP) is 2.08. The highest BCUT2D eigenvalue weighted by Crippen LogP contribution is 2.18. The number of carbonyl (C=O) groups excluding carboxylic acids is 1. The van der Waals surface area contributed by atoms with E-state index in [-0.39, 0.29) is 5.91 Å². The van der Waals surface area contributed by atoms with Gasteiger partial charge in [-0.3, -0.25) is 9.48 Å². The summed E-state index contributed by atoms with van der Waals surface area (Å²) in [5.41, 5.74) is 2.75. The van der Waals surface area contributed by atoms with Crippen molar-refractivity contribution in [1.29, 1.82) is 0 Å². The molecule has 2 aromatic heterocycles. The van der Waals surface area contributed by atoms with Crippen LogP contribution < -0.4 is 10.1 Å². The van der Waals surface area contributed by atoms with Gasteiger partial charge in [0.05, 0.1) is 12.8 Å². The monoisotopic (exact) mass is 369 g/mol. The molecule has 0 atom stereocenters. The number of aromatic nitrogens is 4. The van der Waals surface area contributed by atoms with Crippen molar-refractivity contribution in [2.75, 3.05) is 13.7 Å². The van der Waals surface area contributed by atoms with Crippen molar-refractivity contribution >= 4 is 5.91 Å². The van der Waals surface area contributed by atoms with Gasteiger partial charge >= 0.3 is 0 Å². The van der Waals surface area contributed by atoms with Crippen molar-refractivity contribution in [3.8, 4) is 17.3 Å². The molecule has 8 nitrogen and oxygen atoms in total. The maximum atomic E-state index is 12.0. The van der Waals surface area contributed by atoms with Crippen LogP contribution in [0.15, 0.2) is 34.7 Å². The molecule has 0 fully saturated rings. The summed E-state index contributed by atoms with van der Waals surface area (Å²) in [6, 6.07) is 9.68. The van der Waals surface area contributed by atoms with Crippen LogP contribution in [0.3, 0.4) is 0 Å². The van der Waals surface area contributed by atoms with Crippen LogP contribution in [0.1, 0.15) is 23.6 Å². The quantitative estimate of drug-likeness (QED) is 0.653. The number of amides is 1. The zero-order chi connectivity index (χ0) is 19.2. The van der Waals surface area contributed by atoms with E-state index in [1.807, 2.05) is 44.3 Å². The van der Waals surface area contributed by atoms with Gasteiger partial charge in [-0.25, -0.2) is 0 Å². The van der Waals surface area contributed by atoms with Crippen LogP contribution >= 0.6 is 0 Å². The predicted molar refractivity (Wildman–Crippen MR) is 99.3 cm³/mol. The van der Waals surface area contributed by atoms with Gasteiger partial charge < -0.3 is 14.5 Å². The number of rotatable bonds is 8. The SMILES string of the molecule is COc1cccc(CCNC(=O)CCc2nnc(-c3cc(C)nn3C)o2)c1. The van der Waals surface area contributed by atoms with Crippen LogP contribution in [-0.2, 0) is 24.7 Å². The minimum Gasteiger partial charge on any atom is -0.497 e. The molecule has 0 spiro atoms. The van der Waals surface area contributed by atoms with Crippen molar-refractivity contribution in [3.05, 3.63) is 47.5 Å². The number of ether oxygens (including phenoxy) is 1. The first-order valence-corrected chi connectivity index (χ1v) is 8.78. The van der Waals surface area contributed by atoms with E-state index in [0.717, 1.165) is 29.1 Å². The molecule has 0 saturated heterocycles. The standard InChI is InChI=1S/C19H23N5O3/c1-13-11-16(24(2)23-13)19-22-21-18(27-19)8-7-17(25)20-10-9-14-5-4-6-15(12-14)26-3/h4-6,11-12H,7-10H2,1-3H3,(H,20,25). The Morgan fingerprint density at radius 2 is 2.11 bits per heavy atom. The molecule has 3 rings (SSSR count). The van der Waals surface area contributed by atoms with Crippen LogP contribution in [0.5, 0.6) is 5.75 Å². The Balaban J connectivity index is 1.45. The molecule has 142 valence electrons. The lowest BCUT2D eigenvalue weighted by molar-refractivity contribution is -0.121. The van der Waals surface area contributed by atoms with Gasteiger partial charge in [0.25, 0.3) is 5.89 Å². The van der Waals surface area contributed by atoms with Crippen LogP contribution in [0.25, 0.3) is 11.6 Å². The molecule has 8 heteroatoms. The lowest BCUT2D eigenvalue weighted by Gasteiger charge is -2.06. The second kappa shape index (κ2) is 8.48. The molecule has 0 aliphatic rings. The van der Waals surface area contributed by atoms with Gasteiger partial charge in [0.1, 0.15) is 11.4 Å². The van der Waals surface area contributed by atoms with E-state index in [4.69, 9.17) is 9.15 Å². The molecular formula is C19H23N5O3. The third-order valence-corrected chi connectivity index (χ3v) is 4.12. The molecule has 0 saturated carbocycles. The molecule has 0 unspecified atom stereocenters. The highest BCUT2D eigenvalue weighted by Gasteiger charge is 2.14. The van der Waals surface area contributed by atoms with Gasteiger partial charge in [-0.15, -0.1) is 10.2 Å². The van der Waals surface area contributed by atoms with Gasteiger partial charge in [0, 0.05) is 26.4 Å². The van der Waals surface area contributed by atoms with E-state index in [1.165, 1.54) is 0 Å². The molecule has 0 radical (unpaired) electrons. The smallest absolute Gasteiger partial charge is 0.265 e. The van der Waals surface area contributed by atoms with Crippen LogP contribution in [-0.4, -0.2) is 39.5 Å². The molecule has 0 aliphatic heterocycles. The number of nitrogens with zero attached hydrogens (tertiary/aromatic N) is 4. The summed E-state index contributed by atoms with van der Waals surface area (Å²) in [6.07, 6.45) is 1.44. The Labute approximate surface area is 157 Å². The summed E-state index contributed by atoms with van der Waals surface area (Å²) in [4.78, 5) is 12.0. The van der Waals surface area contributed by atoms with Crippen molar-refractivity contribution in [2.24, 2.45) is 7.05 Å². The maximum Gasteiger partial charge on any atom is 0.265 e. The summed E-state index contributed by atoms with van der Waals surface area (Å²) in [7, 11) is 3.46. The Kier molecular flexibility index (Phi) is 5.85. The molecule has 1 amide bonds. The van der Waals surface area contributed by atoms with E-state index in [9.17, 15) is 4.79 Å². The Morgan fingerprint density at radius 3 is 2.85 bits per heavy atom.